The van der Waals surface area contributed by atoms with Crippen molar-refractivity contribution in [3.8, 4) is 0 Å². The van der Waals surface area contributed by atoms with E-state index in [0.717, 1.165) is 17.2 Å². The van der Waals surface area contributed by atoms with Crippen molar-refractivity contribution in [3.63, 3.8) is 0 Å². The van der Waals surface area contributed by atoms with Crippen molar-refractivity contribution < 1.29 is 4.79 Å². The normalized spacial score (nSPS) is 17.8. The maximum absolute atomic E-state index is 12.1. The highest BCUT2D eigenvalue weighted by Gasteiger charge is 2.25. The molecule has 1 amide bonds. The summed E-state index contributed by atoms with van der Waals surface area (Å²) in [5, 5.41) is 13.9. The standard InChI is InChI=1S/C12H17N7O/c1-19-7-17-18-11(19)2-3-13-12(20)9-4-8-10(5-14-9)16-6-15-8/h6-7,9,14H,2-5H2,1H3,(H,13,20)(H,15,16). The Labute approximate surface area is 116 Å². The van der Waals surface area contributed by atoms with Gasteiger partial charge in [0.1, 0.15) is 12.2 Å². The second kappa shape index (κ2) is 5.41. The molecule has 3 rings (SSSR count). The van der Waals surface area contributed by atoms with Gasteiger partial charge in [-0.05, 0) is 0 Å². The molecule has 3 N–H and O–H groups in total. The molecule has 0 fully saturated rings. The number of carbonyl (C=O) groups is 1. The van der Waals surface area contributed by atoms with Crippen LogP contribution in [0.1, 0.15) is 17.2 Å². The molecule has 3 heterocycles. The van der Waals surface area contributed by atoms with E-state index in [4.69, 9.17) is 0 Å². The lowest BCUT2D eigenvalue weighted by Crippen LogP contribution is -2.48. The lowest BCUT2D eigenvalue weighted by Gasteiger charge is -2.22. The van der Waals surface area contributed by atoms with Crippen LogP contribution in [0.5, 0.6) is 0 Å². The van der Waals surface area contributed by atoms with Crippen LogP contribution < -0.4 is 10.6 Å². The predicted octanol–water partition coefficient (Wildman–Crippen LogP) is -1.09. The highest BCUT2D eigenvalue weighted by molar-refractivity contribution is 5.82. The summed E-state index contributed by atoms with van der Waals surface area (Å²) >= 11 is 0. The van der Waals surface area contributed by atoms with Crippen molar-refractivity contribution in [3.05, 3.63) is 29.9 Å². The summed E-state index contributed by atoms with van der Waals surface area (Å²) in [6.45, 7) is 1.20. The summed E-state index contributed by atoms with van der Waals surface area (Å²) in [4.78, 5) is 19.4. The number of imidazole rings is 1. The summed E-state index contributed by atoms with van der Waals surface area (Å²) in [6.07, 6.45) is 4.61. The van der Waals surface area contributed by atoms with E-state index in [1.165, 1.54) is 0 Å². The van der Waals surface area contributed by atoms with Gasteiger partial charge in [-0.15, -0.1) is 10.2 Å². The van der Waals surface area contributed by atoms with Gasteiger partial charge < -0.3 is 14.9 Å². The number of H-pyrrole nitrogens is 1. The number of aromatic nitrogens is 5. The Morgan fingerprint density at radius 3 is 3.30 bits per heavy atom. The lowest BCUT2D eigenvalue weighted by atomic mass is 10.0. The number of hydrogen-bond donors (Lipinski definition) is 3. The third-order valence-corrected chi connectivity index (χ3v) is 3.50. The monoisotopic (exact) mass is 275 g/mol. The molecule has 2 aromatic rings. The molecule has 0 aromatic carbocycles. The van der Waals surface area contributed by atoms with E-state index in [0.29, 0.717) is 25.9 Å². The Morgan fingerprint density at radius 2 is 2.50 bits per heavy atom. The summed E-state index contributed by atoms with van der Waals surface area (Å²) in [6, 6.07) is -0.217. The van der Waals surface area contributed by atoms with Gasteiger partial charge in [0.2, 0.25) is 5.91 Å². The summed E-state index contributed by atoms with van der Waals surface area (Å²) in [5.74, 6) is 0.859. The molecule has 8 heteroatoms. The Bertz CT molecular complexity index is 602. The number of aryl methyl sites for hydroxylation is 1. The van der Waals surface area contributed by atoms with Crippen LogP contribution in [0, 0.1) is 0 Å². The largest absolute Gasteiger partial charge is 0.354 e. The van der Waals surface area contributed by atoms with Crippen molar-refractivity contribution in [2.45, 2.75) is 25.4 Å². The Morgan fingerprint density at radius 1 is 1.60 bits per heavy atom. The number of hydrogen-bond acceptors (Lipinski definition) is 5. The van der Waals surface area contributed by atoms with E-state index in [1.807, 2.05) is 11.6 Å². The number of nitrogens with one attached hydrogen (secondary N) is 3. The molecule has 1 unspecified atom stereocenters. The van der Waals surface area contributed by atoms with Crippen LogP contribution in [0.4, 0.5) is 0 Å². The molecule has 0 saturated carbocycles. The van der Waals surface area contributed by atoms with Crippen molar-refractivity contribution in [2.24, 2.45) is 7.05 Å². The van der Waals surface area contributed by atoms with Gasteiger partial charge >= 0.3 is 0 Å². The minimum atomic E-state index is -0.217. The van der Waals surface area contributed by atoms with Crippen LogP contribution in [-0.4, -0.2) is 43.2 Å². The molecule has 106 valence electrons. The zero-order valence-corrected chi connectivity index (χ0v) is 11.3. The maximum atomic E-state index is 12.1. The van der Waals surface area contributed by atoms with E-state index in [-0.39, 0.29) is 11.9 Å². The SMILES string of the molecule is Cn1cnnc1CCNC(=O)C1Cc2nc[nH]c2CN1. The zero-order chi connectivity index (χ0) is 13.9. The number of nitrogens with zero attached hydrogens (tertiary/aromatic N) is 4. The van der Waals surface area contributed by atoms with Crippen LogP contribution in [0.15, 0.2) is 12.7 Å². The Kier molecular flexibility index (Phi) is 3.46. The zero-order valence-electron chi connectivity index (χ0n) is 11.3. The Balaban J connectivity index is 1.49. The van der Waals surface area contributed by atoms with Crippen molar-refractivity contribution in [1.29, 1.82) is 0 Å². The predicted molar refractivity (Wildman–Crippen MR) is 70.6 cm³/mol. The average Bonchev–Trinajstić information content (AvgIpc) is 3.07. The molecule has 1 aliphatic rings. The van der Waals surface area contributed by atoms with Crippen LogP contribution >= 0.6 is 0 Å². The third-order valence-electron chi connectivity index (χ3n) is 3.50. The quantitative estimate of drug-likeness (QED) is 0.658. The first kappa shape index (κ1) is 12.8. The molecule has 0 saturated heterocycles. The van der Waals surface area contributed by atoms with E-state index in [9.17, 15) is 4.79 Å². The lowest BCUT2D eigenvalue weighted by molar-refractivity contribution is -0.123. The molecule has 8 nitrogen and oxygen atoms in total. The molecule has 0 spiro atoms. The Hall–Kier alpha value is -2.22. The fourth-order valence-corrected chi connectivity index (χ4v) is 2.31. The topological polar surface area (TPSA) is 101 Å². The van der Waals surface area contributed by atoms with Crippen molar-refractivity contribution >= 4 is 5.91 Å². The summed E-state index contributed by atoms with van der Waals surface area (Å²) in [7, 11) is 1.89. The molecular formula is C12H17N7O. The highest BCUT2D eigenvalue weighted by atomic mass is 16.2. The van der Waals surface area contributed by atoms with Crippen molar-refractivity contribution in [1.82, 2.24) is 35.4 Å². The fourth-order valence-electron chi connectivity index (χ4n) is 2.31. The molecule has 1 aliphatic heterocycles. The van der Waals surface area contributed by atoms with Crippen LogP contribution in [0.2, 0.25) is 0 Å². The van der Waals surface area contributed by atoms with Gasteiger partial charge in [-0.3, -0.25) is 10.1 Å². The summed E-state index contributed by atoms with van der Waals surface area (Å²) in [5.41, 5.74) is 2.03. The van der Waals surface area contributed by atoms with Gasteiger partial charge in [-0.25, -0.2) is 4.98 Å². The number of rotatable bonds is 4. The van der Waals surface area contributed by atoms with E-state index >= 15 is 0 Å². The second-order valence-corrected chi connectivity index (χ2v) is 4.86. The van der Waals surface area contributed by atoms with Gasteiger partial charge in [-0.2, -0.15) is 0 Å². The van der Waals surface area contributed by atoms with E-state index < -0.39 is 0 Å². The first-order chi connectivity index (χ1) is 9.74. The molecular weight excluding hydrogens is 258 g/mol. The van der Waals surface area contributed by atoms with Gasteiger partial charge in [0.05, 0.1) is 23.8 Å². The fraction of sp³-hybridized carbons (Fsp3) is 0.500. The van der Waals surface area contributed by atoms with Crippen molar-refractivity contribution in [2.75, 3.05) is 6.54 Å². The number of aromatic amines is 1. The highest BCUT2D eigenvalue weighted by Crippen LogP contribution is 2.11. The minimum absolute atomic E-state index is 0.000758. The van der Waals surface area contributed by atoms with Gasteiger partial charge in [-0.1, -0.05) is 0 Å². The van der Waals surface area contributed by atoms with Crippen LogP contribution in [-0.2, 0) is 31.2 Å². The summed E-state index contributed by atoms with van der Waals surface area (Å²) < 4.78 is 1.85. The molecule has 0 aliphatic carbocycles. The van der Waals surface area contributed by atoms with Crippen LogP contribution in [0.3, 0.4) is 0 Å². The molecule has 20 heavy (non-hydrogen) atoms. The van der Waals surface area contributed by atoms with E-state index in [2.05, 4.69) is 30.8 Å². The van der Waals surface area contributed by atoms with Gasteiger partial charge in [0.25, 0.3) is 0 Å². The smallest absolute Gasteiger partial charge is 0.237 e. The maximum Gasteiger partial charge on any atom is 0.237 e. The number of carbonyl (C=O) groups excluding carboxylic acids is 1. The molecule has 2 aromatic heterocycles. The van der Waals surface area contributed by atoms with Crippen LogP contribution in [0.25, 0.3) is 0 Å². The molecule has 0 radical (unpaired) electrons. The van der Waals surface area contributed by atoms with Gasteiger partial charge in [0.15, 0.2) is 0 Å². The number of fused-ring (bicyclic) bond motifs is 1. The average molecular weight is 275 g/mol. The first-order valence-corrected chi connectivity index (χ1v) is 6.59. The molecule has 1 atom stereocenters. The van der Waals surface area contributed by atoms with Gasteiger partial charge in [0, 0.05) is 33.0 Å². The second-order valence-electron chi connectivity index (χ2n) is 4.86. The van der Waals surface area contributed by atoms with E-state index in [1.54, 1.807) is 12.7 Å². The molecule has 0 bridgehead atoms. The first-order valence-electron chi connectivity index (χ1n) is 6.59. The third kappa shape index (κ3) is 2.55. The minimum Gasteiger partial charge on any atom is -0.354 e. The number of amides is 1.